The minimum absolute atomic E-state index is 0.0471. The van der Waals surface area contributed by atoms with Crippen LogP contribution in [0.3, 0.4) is 0 Å². The van der Waals surface area contributed by atoms with Crippen LogP contribution in [0, 0.1) is 16.7 Å². The van der Waals surface area contributed by atoms with Crippen molar-refractivity contribution < 1.29 is 37.1 Å². The van der Waals surface area contributed by atoms with E-state index >= 15 is 0 Å². The topological polar surface area (TPSA) is 97.4 Å². The van der Waals surface area contributed by atoms with Gasteiger partial charge in [-0.2, -0.15) is 0 Å². The maximum Gasteiger partial charge on any atom is 0.314 e. The second kappa shape index (κ2) is 23.0. The first-order chi connectivity index (χ1) is 25.7. The molecule has 1 rings (SSSR count). The third-order valence-corrected chi connectivity index (χ3v) is 88.6. The van der Waals surface area contributed by atoms with Crippen molar-refractivity contribution in [1.82, 2.24) is 0 Å². The van der Waals surface area contributed by atoms with Crippen molar-refractivity contribution >= 4 is 77.4 Å². The van der Waals surface area contributed by atoms with Crippen LogP contribution in [0.4, 0.5) is 0 Å². The summed E-state index contributed by atoms with van der Waals surface area (Å²) in [6, 6.07) is 8.75. The van der Waals surface area contributed by atoms with E-state index in [9.17, 15) is 14.4 Å². The summed E-state index contributed by atoms with van der Waals surface area (Å²) in [5.41, 5.74) is -0.761. The summed E-state index contributed by atoms with van der Waals surface area (Å²) < 4.78 is 27.9. The monoisotopic (exact) mass is 933 g/mol. The molecule has 0 aliphatic rings. The molecule has 0 aliphatic carbocycles. The number of carbonyl (C=O) groups excluding carboxylic acids is 3. The molecule has 0 fully saturated rings. The molecule has 0 saturated carbocycles. The van der Waals surface area contributed by atoms with E-state index in [2.05, 4.69) is 136 Å². The predicted octanol–water partition coefficient (Wildman–Crippen LogP) is 11.9. The molecule has 58 heavy (non-hydrogen) atoms. The highest BCUT2D eigenvalue weighted by molar-refractivity contribution is 7.92. The van der Waals surface area contributed by atoms with Gasteiger partial charge in [-0.25, -0.2) is 0 Å². The average Bonchev–Trinajstić information content (AvgIpc) is 3.03. The Morgan fingerprint density at radius 1 is 0.586 bits per heavy atom. The summed E-state index contributed by atoms with van der Waals surface area (Å²) in [7, 11) is -9.00. The largest absolute Gasteiger partial charge is 0.466 e. The second-order valence-electron chi connectivity index (χ2n) is 22.9. The molecule has 1 unspecified atom stereocenters. The highest BCUT2D eigenvalue weighted by atomic mass is 29.9. The van der Waals surface area contributed by atoms with Crippen molar-refractivity contribution in [2.45, 2.75) is 186 Å². The number of carbonyl (C=O) groups is 3. The lowest BCUT2D eigenvalue weighted by atomic mass is 9.91. The van der Waals surface area contributed by atoms with Crippen molar-refractivity contribution in [2.75, 3.05) is 19.4 Å². The van der Waals surface area contributed by atoms with Crippen LogP contribution in [0.25, 0.3) is 0 Å². The molecule has 0 amide bonds. The number of esters is 3. The Bertz CT molecular complexity index is 1370. The molecule has 1 aromatic carbocycles. The van der Waals surface area contributed by atoms with E-state index in [0.29, 0.717) is 25.2 Å². The molecule has 8 nitrogen and oxygen atoms in total. The normalized spacial score (nSPS) is 13.9. The van der Waals surface area contributed by atoms with Gasteiger partial charge in [0.15, 0.2) is 16.6 Å². The Balaban J connectivity index is 0. The van der Waals surface area contributed by atoms with Crippen LogP contribution in [0.15, 0.2) is 24.3 Å². The smallest absolute Gasteiger partial charge is 0.314 e. The van der Waals surface area contributed by atoms with Crippen molar-refractivity contribution in [3.63, 3.8) is 0 Å². The molecule has 1 atom stereocenters. The summed E-state index contributed by atoms with van der Waals surface area (Å²) in [6.45, 7) is 55.4. The molecule has 0 bridgehead atoms. The SMILES string of the molecule is CCC(C)(C)C(=O)OCCO[Si](C)(C)C.CCC(C)(C)C(=O)OC[Si](C)(C)O[Si](C)(C)C.CCC(C)C(=O)Oc1ccc([Si]([Si](C)(C)C)([Si](C)(C)C)[Si](C)(C)C)cc1. The van der Waals surface area contributed by atoms with E-state index in [1.165, 1.54) is 0 Å². The van der Waals surface area contributed by atoms with E-state index in [1.54, 1.807) is 5.19 Å². The Kier molecular flexibility index (Phi) is 23.4. The van der Waals surface area contributed by atoms with Gasteiger partial charge in [0.05, 0.1) is 30.0 Å². The molecule has 1 aromatic rings. The zero-order valence-electron chi connectivity index (χ0n) is 42.4. The van der Waals surface area contributed by atoms with Crippen LogP contribution in [0.2, 0.25) is 111 Å². The van der Waals surface area contributed by atoms with Crippen LogP contribution in [-0.2, 0) is 32.4 Å². The fraction of sp³-hybridized carbons (Fsp3) is 0.791. The summed E-state index contributed by atoms with van der Waals surface area (Å²) >= 11 is 0. The molecule has 0 spiro atoms. The fourth-order valence-electron chi connectivity index (χ4n) is 8.09. The highest BCUT2D eigenvalue weighted by Crippen LogP contribution is 2.37. The number of rotatable bonds is 19. The van der Waals surface area contributed by atoms with E-state index < -0.39 is 54.4 Å². The van der Waals surface area contributed by atoms with Crippen molar-refractivity contribution in [1.29, 1.82) is 0 Å². The quantitative estimate of drug-likeness (QED) is 0.0586. The molecule has 0 radical (unpaired) electrons. The summed E-state index contributed by atoms with van der Waals surface area (Å²) in [5.74, 6) is 0.283. The van der Waals surface area contributed by atoms with Gasteiger partial charge in [-0.05, 0) is 111 Å². The van der Waals surface area contributed by atoms with Crippen molar-refractivity contribution in [3.8, 4) is 5.75 Å². The van der Waals surface area contributed by atoms with Crippen LogP contribution in [-0.4, -0.2) is 91.7 Å². The Labute approximate surface area is 364 Å². The van der Waals surface area contributed by atoms with Gasteiger partial charge in [0, 0.05) is 22.8 Å². The lowest BCUT2D eigenvalue weighted by Crippen LogP contribution is -2.88. The molecule has 15 heteroatoms. The third kappa shape index (κ3) is 19.8. The molecular weight excluding hydrogens is 841 g/mol. The van der Waals surface area contributed by atoms with Gasteiger partial charge in [0.2, 0.25) is 8.32 Å². The minimum Gasteiger partial charge on any atom is -0.466 e. The molecular formula is C43H92O8Si7. The minimum atomic E-state index is -1.87. The first kappa shape index (κ1) is 59.2. The number of ether oxygens (including phenoxy) is 3. The van der Waals surface area contributed by atoms with Crippen LogP contribution in [0.5, 0.6) is 5.75 Å². The zero-order chi connectivity index (χ0) is 46.6. The Morgan fingerprint density at radius 3 is 1.31 bits per heavy atom. The Hall–Kier alpha value is -0.932. The maximum atomic E-state index is 12.1. The molecule has 0 aliphatic heterocycles. The van der Waals surface area contributed by atoms with Crippen molar-refractivity contribution in [3.05, 3.63) is 24.3 Å². The Morgan fingerprint density at radius 2 is 0.983 bits per heavy atom. The van der Waals surface area contributed by atoms with Gasteiger partial charge in [-0.1, -0.05) is 104 Å². The number of benzene rings is 1. The molecule has 0 heterocycles. The lowest BCUT2D eigenvalue weighted by molar-refractivity contribution is -0.155. The number of hydrogen-bond acceptors (Lipinski definition) is 8. The summed E-state index contributed by atoms with van der Waals surface area (Å²) in [6.07, 6.45) is 2.86. The van der Waals surface area contributed by atoms with Crippen LogP contribution in [0.1, 0.15) is 74.7 Å². The van der Waals surface area contributed by atoms with Gasteiger partial charge in [0.25, 0.3) is 0 Å². The molecule has 0 aromatic heterocycles. The molecule has 0 saturated heterocycles. The maximum absolute atomic E-state index is 12.1. The fourth-order valence-corrected chi connectivity index (χ4v) is 116. The lowest BCUT2D eigenvalue weighted by Gasteiger charge is -2.57. The first-order valence-electron chi connectivity index (χ1n) is 21.7. The van der Waals surface area contributed by atoms with Gasteiger partial charge in [-0.15, -0.1) is 0 Å². The van der Waals surface area contributed by atoms with E-state index in [1.807, 2.05) is 55.4 Å². The van der Waals surface area contributed by atoms with Gasteiger partial charge in [0.1, 0.15) is 18.6 Å². The number of hydrogen-bond donors (Lipinski definition) is 0. The standard InChI is InChI=1S/C20H40O2Si4.C12H28O3Si2.C11H24O3Si/c1-12-17(2)20(21)22-18-13-15-19(16-14-18)26(23(3,4)5,24(6,7)8)25(9,10)11;1-9-12(2,3)11(13)14-10-17(7,8)15-16(4,5)6;1-7-11(2,3)10(12)13-8-9-14-15(4,5)6/h13-17H,12H2,1-11H3;9-10H2,1-8H3;7-9H2,1-6H3. The van der Waals surface area contributed by atoms with Crippen LogP contribution < -0.4 is 9.92 Å². The van der Waals surface area contributed by atoms with Gasteiger partial charge in [-0.3, -0.25) is 14.4 Å². The van der Waals surface area contributed by atoms with E-state index in [0.717, 1.165) is 19.3 Å². The van der Waals surface area contributed by atoms with E-state index in [4.69, 9.17) is 22.8 Å². The summed E-state index contributed by atoms with van der Waals surface area (Å²) in [4.78, 5) is 35.5. The average molecular weight is 934 g/mol. The van der Waals surface area contributed by atoms with Crippen LogP contribution >= 0.6 is 0 Å². The third-order valence-electron chi connectivity index (χ3n) is 10.8. The van der Waals surface area contributed by atoms with Gasteiger partial charge < -0.3 is 22.8 Å². The van der Waals surface area contributed by atoms with E-state index in [-0.39, 0.29) is 34.7 Å². The van der Waals surface area contributed by atoms with Crippen molar-refractivity contribution in [2.24, 2.45) is 16.7 Å². The molecule has 340 valence electrons. The zero-order valence-corrected chi connectivity index (χ0v) is 49.4. The predicted molar refractivity (Wildman–Crippen MR) is 268 cm³/mol. The highest BCUT2D eigenvalue weighted by Gasteiger charge is 2.62. The second-order valence-corrected chi connectivity index (χ2v) is 76.6. The van der Waals surface area contributed by atoms with Gasteiger partial charge >= 0.3 is 17.9 Å². The summed E-state index contributed by atoms with van der Waals surface area (Å²) in [5, 5.41) is 1.62. The molecule has 0 N–H and O–H groups in total. The first-order valence-corrected chi connectivity index (χ1v) is 47.1.